The van der Waals surface area contributed by atoms with Gasteiger partial charge in [0.1, 0.15) is 0 Å². The summed E-state index contributed by atoms with van der Waals surface area (Å²) in [5, 5.41) is 0. The average molecular weight is 545 g/mol. The molecule has 0 radical (unpaired) electrons. The molecule has 0 saturated carbocycles. The third-order valence-electron chi connectivity index (χ3n) is 7.25. The van der Waals surface area contributed by atoms with Crippen LogP contribution in [0.25, 0.3) is 0 Å². The van der Waals surface area contributed by atoms with Gasteiger partial charge in [-0.3, -0.25) is 0 Å². The summed E-state index contributed by atoms with van der Waals surface area (Å²) < 4.78 is 22.6. The van der Waals surface area contributed by atoms with Crippen molar-refractivity contribution in [3.63, 3.8) is 0 Å². The minimum atomic E-state index is -2.91. The molecule has 0 aromatic carbocycles. The van der Waals surface area contributed by atoms with Gasteiger partial charge >= 0.3 is 198 Å². The number of rotatable bonds is 13. The van der Waals surface area contributed by atoms with E-state index in [4.69, 9.17) is 14.0 Å². The summed E-state index contributed by atoms with van der Waals surface area (Å²) in [7, 11) is -0.330. The van der Waals surface area contributed by atoms with E-state index < -0.39 is 24.0 Å². The summed E-state index contributed by atoms with van der Waals surface area (Å²) >= 11 is -2.91. The first-order valence-corrected chi connectivity index (χ1v) is 20.5. The van der Waals surface area contributed by atoms with Gasteiger partial charge in [-0.25, -0.2) is 0 Å². The molecule has 0 spiro atoms. The topological polar surface area (TPSA) is 44.8 Å². The van der Waals surface area contributed by atoms with Crippen molar-refractivity contribution in [1.82, 2.24) is 0 Å². The molecule has 0 aliphatic carbocycles. The van der Waals surface area contributed by atoms with Crippen molar-refractivity contribution in [3.05, 3.63) is 0 Å². The number of carbonyl (C=O) groups excluding carboxylic acids is 1. The molecular weight excluding hydrogens is 494 g/mol. The normalized spacial score (nSPS) is 19.5. The van der Waals surface area contributed by atoms with Crippen LogP contribution in [0.4, 0.5) is 0 Å². The van der Waals surface area contributed by atoms with Gasteiger partial charge in [0, 0.05) is 0 Å². The van der Waals surface area contributed by atoms with Crippen LogP contribution in [0.3, 0.4) is 0 Å². The van der Waals surface area contributed by atoms with Crippen LogP contribution in [0.2, 0.25) is 23.6 Å². The number of ether oxygens (including phenoxy) is 1. The fraction of sp³-hybridized carbons (Fsp3) is 0.960. The Hall–Kier alpha value is 0.254. The van der Waals surface area contributed by atoms with Gasteiger partial charge in [-0.05, 0) is 0 Å². The first-order chi connectivity index (χ1) is 14.2. The molecule has 1 fully saturated rings. The van der Waals surface area contributed by atoms with E-state index in [-0.39, 0.29) is 28.2 Å². The van der Waals surface area contributed by atoms with Gasteiger partial charge in [0.15, 0.2) is 0 Å². The van der Waals surface area contributed by atoms with Crippen LogP contribution in [-0.4, -0.2) is 48.3 Å². The molecule has 1 rings (SSSR count). The van der Waals surface area contributed by atoms with Gasteiger partial charge in [0.05, 0.1) is 0 Å². The number of esters is 1. The summed E-state index contributed by atoms with van der Waals surface area (Å²) in [4.78, 5) is 13.7. The van der Waals surface area contributed by atoms with E-state index in [9.17, 15) is 4.79 Å². The molecular formula is C25H51BO4Sn. The fourth-order valence-corrected chi connectivity index (χ4v) is 22.5. The Morgan fingerprint density at radius 2 is 1.26 bits per heavy atom. The summed E-state index contributed by atoms with van der Waals surface area (Å²) in [6.07, 6.45) is 7.91. The van der Waals surface area contributed by atoms with Crippen LogP contribution < -0.4 is 0 Å². The average Bonchev–Trinajstić information content (AvgIpc) is 2.84. The molecule has 0 aromatic rings. The van der Waals surface area contributed by atoms with Gasteiger partial charge in [-0.1, -0.05) is 0 Å². The first kappa shape index (κ1) is 29.3. The molecule has 1 saturated heterocycles. The van der Waals surface area contributed by atoms with Crippen molar-refractivity contribution in [1.29, 1.82) is 0 Å². The Bertz CT molecular complexity index is 518. The van der Waals surface area contributed by atoms with Gasteiger partial charge in [-0.15, -0.1) is 0 Å². The third-order valence-corrected chi connectivity index (χ3v) is 24.4. The number of unbranched alkanes of at least 4 members (excludes halogenated alkanes) is 3. The quantitative estimate of drug-likeness (QED) is 0.176. The molecule has 1 heterocycles. The Morgan fingerprint density at radius 1 is 0.871 bits per heavy atom. The van der Waals surface area contributed by atoms with Crippen LogP contribution in [0, 0.1) is 0 Å². The zero-order valence-electron chi connectivity index (χ0n) is 22.4. The van der Waals surface area contributed by atoms with Crippen LogP contribution in [0.5, 0.6) is 0 Å². The first-order valence-electron chi connectivity index (χ1n) is 12.8. The van der Waals surface area contributed by atoms with E-state index in [1.54, 1.807) is 0 Å². The van der Waals surface area contributed by atoms with E-state index in [0.717, 1.165) is 0 Å². The summed E-state index contributed by atoms with van der Waals surface area (Å²) in [5.41, 5.74) is -1.21. The van der Waals surface area contributed by atoms with Gasteiger partial charge in [0.2, 0.25) is 0 Å². The van der Waals surface area contributed by atoms with Gasteiger partial charge in [0.25, 0.3) is 0 Å². The molecule has 0 N–H and O–H groups in total. The maximum atomic E-state index is 13.7. The number of carbonyl (C=O) groups is 1. The van der Waals surface area contributed by atoms with Gasteiger partial charge in [-0.2, -0.15) is 0 Å². The van der Waals surface area contributed by atoms with E-state index in [1.165, 1.54) is 51.8 Å². The third kappa shape index (κ3) is 8.52. The van der Waals surface area contributed by atoms with Crippen molar-refractivity contribution in [2.45, 2.75) is 148 Å². The van der Waals surface area contributed by atoms with Crippen molar-refractivity contribution in [2.75, 3.05) is 0 Å². The van der Waals surface area contributed by atoms with E-state index in [2.05, 4.69) is 48.5 Å². The SMILES string of the molecule is CCC[CH2][Sn]([CH2]CCC)([CH2]CCC)[CH](CB1OC(C)(C)C(C)(C)O1)C(=O)OC(C)(C)C. The Morgan fingerprint density at radius 3 is 1.58 bits per heavy atom. The number of hydrogen-bond acceptors (Lipinski definition) is 4. The predicted octanol–water partition coefficient (Wildman–Crippen LogP) is 7.64. The zero-order valence-corrected chi connectivity index (χ0v) is 25.2. The molecule has 0 bridgehead atoms. The summed E-state index contributed by atoms with van der Waals surface area (Å²) in [5.74, 6) is 0.0151. The van der Waals surface area contributed by atoms with Crippen molar-refractivity contribution in [2.24, 2.45) is 0 Å². The monoisotopic (exact) mass is 546 g/mol. The molecule has 31 heavy (non-hydrogen) atoms. The molecule has 6 heteroatoms. The molecule has 1 aliphatic rings. The standard InChI is InChI=1S/C13H24BO4.3C4H9.Sn/c1-11(2,3)16-10(15)8-9-14-17-12(4,5)13(6,7)18-14;3*1-3-4-2;/h8H,9H2,1-7H3;3*1,3-4H2,2H3;. The number of hydrogen-bond donors (Lipinski definition) is 0. The summed E-state index contributed by atoms with van der Waals surface area (Å²) in [6.45, 7) is 21.1. The zero-order chi connectivity index (χ0) is 23.9. The molecule has 182 valence electrons. The second-order valence-corrected chi connectivity index (χ2v) is 25.7. The van der Waals surface area contributed by atoms with Crippen molar-refractivity contribution >= 4 is 31.5 Å². The molecule has 1 aliphatic heterocycles. The summed E-state index contributed by atoms with van der Waals surface area (Å²) in [6, 6.07) is 0. The van der Waals surface area contributed by atoms with Gasteiger partial charge < -0.3 is 0 Å². The van der Waals surface area contributed by atoms with Crippen LogP contribution in [0.15, 0.2) is 0 Å². The molecule has 0 aromatic heterocycles. The fourth-order valence-electron chi connectivity index (χ4n) is 4.71. The second kappa shape index (κ2) is 12.1. The molecule has 4 nitrogen and oxygen atoms in total. The molecule has 0 amide bonds. The Labute approximate surface area is 198 Å². The van der Waals surface area contributed by atoms with Crippen LogP contribution in [0.1, 0.15) is 108 Å². The van der Waals surface area contributed by atoms with Crippen LogP contribution in [-0.2, 0) is 18.8 Å². The van der Waals surface area contributed by atoms with Crippen molar-refractivity contribution in [3.8, 4) is 0 Å². The molecule has 1 unspecified atom stereocenters. The predicted molar refractivity (Wildman–Crippen MR) is 135 cm³/mol. The molecule has 1 atom stereocenters. The van der Waals surface area contributed by atoms with E-state index in [1.807, 2.05) is 20.8 Å². The Kier molecular flexibility index (Phi) is 11.4. The maximum absolute atomic E-state index is 13.7. The van der Waals surface area contributed by atoms with Crippen LogP contribution >= 0.6 is 0 Å². The van der Waals surface area contributed by atoms with E-state index in [0.29, 0.717) is 6.32 Å². The minimum absolute atomic E-state index is 0.00660. The van der Waals surface area contributed by atoms with E-state index >= 15 is 0 Å². The van der Waals surface area contributed by atoms with Crippen molar-refractivity contribution < 1.29 is 18.8 Å². The Balaban J connectivity index is 3.34. The second-order valence-electron chi connectivity index (χ2n) is 11.7.